The zero-order chi connectivity index (χ0) is 13.0. The van der Waals surface area contributed by atoms with Gasteiger partial charge in [0, 0.05) is 37.0 Å². The van der Waals surface area contributed by atoms with Crippen LogP contribution >= 0.6 is 0 Å². The summed E-state index contributed by atoms with van der Waals surface area (Å²) >= 11 is 0. The lowest BCUT2D eigenvalue weighted by Gasteiger charge is -2.32. The van der Waals surface area contributed by atoms with E-state index in [4.69, 9.17) is 10.9 Å². The first kappa shape index (κ1) is 12.3. The highest BCUT2D eigenvalue weighted by Crippen LogP contribution is 2.18. The van der Waals surface area contributed by atoms with Crippen LogP contribution in [0.2, 0.25) is 0 Å². The van der Waals surface area contributed by atoms with Gasteiger partial charge >= 0.3 is 0 Å². The second-order valence-electron chi connectivity index (χ2n) is 4.35. The van der Waals surface area contributed by atoms with Gasteiger partial charge in [0.05, 0.1) is 0 Å². The smallest absolute Gasteiger partial charge is 0.253 e. The molecule has 0 bridgehead atoms. The molecule has 0 spiro atoms. The molecule has 2 heterocycles. The number of amides is 1. The Hall–Kier alpha value is -2.11. The third kappa shape index (κ3) is 2.58. The average Bonchev–Trinajstić information content (AvgIpc) is 2.46. The Kier molecular flexibility index (Phi) is 3.76. The number of rotatable bonds is 2. The molecule has 18 heavy (non-hydrogen) atoms. The molecule has 1 unspecified atom stereocenters. The minimum absolute atomic E-state index is 0.0344. The third-order valence-corrected chi connectivity index (χ3v) is 3.17. The summed E-state index contributed by atoms with van der Waals surface area (Å²) in [6.07, 6.45) is 4.89. The lowest BCUT2D eigenvalue weighted by Crippen LogP contribution is -2.44. The van der Waals surface area contributed by atoms with E-state index in [2.05, 4.69) is 10.1 Å². The molecular formula is C12H16N4O2. The normalized spacial score (nSPS) is 20.8. The molecular weight excluding hydrogens is 232 g/mol. The second-order valence-corrected chi connectivity index (χ2v) is 4.35. The average molecular weight is 248 g/mol. The molecule has 1 saturated heterocycles. The van der Waals surface area contributed by atoms with Gasteiger partial charge in [-0.3, -0.25) is 9.78 Å². The molecule has 96 valence electrons. The molecule has 0 aromatic carbocycles. The number of amidine groups is 1. The quantitative estimate of drug-likeness (QED) is 0.348. The molecule has 2 rings (SSSR count). The van der Waals surface area contributed by atoms with Gasteiger partial charge < -0.3 is 15.8 Å². The summed E-state index contributed by atoms with van der Waals surface area (Å²) < 4.78 is 0. The van der Waals surface area contributed by atoms with Gasteiger partial charge in [0.2, 0.25) is 0 Å². The lowest BCUT2D eigenvalue weighted by molar-refractivity contribution is 0.0701. The summed E-state index contributed by atoms with van der Waals surface area (Å²) in [7, 11) is 0. The molecule has 1 aliphatic rings. The molecule has 6 heteroatoms. The molecule has 1 atom stereocenters. The van der Waals surface area contributed by atoms with Crippen molar-refractivity contribution in [1.29, 1.82) is 0 Å². The van der Waals surface area contributed by atoms with Crippen LogP contribution in [0.1, 0.15) is 23.2 Å². The van der Waals surface area contributed by atoms with Crippen LogP contribution < -0.4 is 5.73 Å². The molecule has 0 radical (unpaired) electrons. The summed E-state index contributed by atoms with van der Waals surface area (Å²) in [6.45, 7) is 1.20. The SMILES string of the molecule is NC(=NO)C1CCCN(C(=O)c2ccncc2)C1. The Morgan fingerprint density at radius 1 is 1.50 bits per heavy atom. The maximum absolute atomic E-state index is 12.2. The van der Waals surface area contributed by atoms with E-state index in [0.29, 0.717) is 18.7 Å². The van der Waals surface area contributed by atoms with Gasteiger partial charge in [-0.2, -0.15) is 0 Å². The largest absolute Gasteiger partial charge is 0.409 e. The first-order valence-electron chi connectivity index (χ1n) is 5.89. The van der Waals surface area contributed by atoms with Crippen molar-refractivity contribution >= 4 is 11.7 Å². The van der Waals surface area contributed by atoms with Gasteiger partial charge in [0.1, 0.15) is 5.84 Å². The molecule has 1 aromatic rings. The third-order valence-electron chi connectivity index (χ3n) is 3.17. The molecule has 0 aliphatic carbocycles. The molecule has 3 N–H and O–H groups in total. The summed E-state index contributed by atoms with van der Waals surface area (Å²) in [5.74, 6) is 0.101. The number of oxime groups is 1. The van der Waals surface area contributed by atoms with Crippen LogP contribution in [0.15, 0.2) is 29.7 Å². The van der Waals surface area contributed by atoms with E-state index in [1.807, 2.05) is 0 Å². The lowest BCUT2D eigenvalue weighted by atomic mass is 9.96. The molecule has 0 saturated carbocycles. The van der Waals surface area contributed by atoms with E-state index < -0.39 is 0 Å². The number of likely N-dealkylation sites (tertiary alicyclic amines) is 1. The van der Waals surface area contributed by atoms with Crippen LogP contribution in [0.3, 0.4) is 0 Å². The van der Waals surface area contributed by atoms with Crippen LogP contribution in [0.4, 0.5) is 0 Å². The Labute approximate surface area is 105 Å². The van der Waals surface area contributed by atoms with E-state index in [1.54, 1.807) is 29.4 Å². The van der Waals surface area contributed by atoms with Gasteiger partial charge in [0.25, 0.3) is 5.91 Å². The number of hydrogen-bond donors (Lipinski definition) is 2. The maximum atomic E-state index is 12.2. The van der Waals surface area contributed by atoms with Crippen molar-refractivity contribution in [2.75, 3.05) is 13.1 Å². The fourth-order valence-electron chi connectivity index (χ4n) is 2.16. The van der Waals surface area contributed by atoms with Gasteiger partial charge in [-0.1, -0.05) is 5.16 Å². The Balaban J connectivity index is 2.08. The minimum Gasteiger partial charge on any atom is -0.409 e. The number of aromatic nitrogens is 1. The predicted molar refractivity (Wildman–Crippen MR) is 66.3 cm³/mol. The molecule has 1 aliphatic heterocycles. The number of nitrogens with two attached hydrogens (primary N) is 1. The fourth-order valence-corrected chi connectivity index (χ4v) is 2.16. The van der Waals surface area contributed by atoms with Crippen LogP contribution in [-0.4, -0.2) is 39.9 Å². The zero-order valence-corrected chi connectivity index (χ0v) is 9.99. The Morgan fingerprint density at radius 3 is 2.89 bits per heavy atom. The van der Waals surface area contributed by atoms with Crippen molar-refractivity contribution in [3.05, 3.63) is 30.1 Å². The van der Waals surface area contributed by atoms with Crippen LogP contribution in [-0.2, 0) is 0 Å². The first-order chi connectivity index (χ1) is 8.72. The highest BCUT2D eigenvalue weighted by atomic mass is 16.4. The minimum atomic E-state index is -0.0606. The van der Waals surface area contributed by atoms with E-state index >= 15 is 0 Å². The molecule has 1 aromatic heterocycles. The van der Waals surface area contributed by atoms with Crippen molar-refractivity contribution < 1.29 is 10.0 Å². The Bertz CT molecular complexity index is 447. The summed E-state index contributed by atoms with van der Waals surface area (Å²) in [5.41, 5.74) is 6.22. The zero-order valence-electron chi connectivity index (χ0n) is 9.99. The maximum Gasteiger partial charge on any atom is 0.253 e. The van der Waals surface area contributed by atoms with Crippen molar-refractivity contribution in [3.63, 3.8) is 0 Å². The van der Waals surface area contributed by atoms with E-state index in [0.717, 1.165) is 12.8 Å². The van der Waals surface area contributed by atoms with E-state index in [9.17, 15) is 4.79 Å². The number of carbonyl (C=O) groups is 1. The monoisotopic (exact) mass is 248 g/mol. The van der Waals surface area contributed by atoms with Crippen molar-refractivity contribution in [2.24, 2.45) is 16.8 Å². The van der Waals surface area contributed by atoms with Crippen molar-refractivity contribution in [2.45, 2.75) is 12.8 Å². The number of hydrogen-bond acceptors (Lipinski definition) is 4. The van der Waals surface area contributed by atoms with E-state index in [1.165, 1.54) is 0 Å². The number of carbonyl (C=O) groups excluding carboxylic acids is 1. The van der Waals surface area contributed by atoms with Crippen molar-refractivity contribution in [3.8, 4) is 0 Å². The summed E-state index contributed by atoms with van der Waals surface area (Å²) in [6, 6.07) is 3.38. The molecule has 1 fully saturated rings. The highest BCUT2D eigenvalue weighted by Gasteiger charge is 2.26. The van der Waals surface area contributed by atoms with Crippen LogP contribution in [0.5, 0.6) is 0 Å². The second kappa shape index (κ2) is 5.48. The van der Waals surface area contributed by atoms with Gasteiger partial charge in [-0.25, -0.2) is 0 Å². The summed E-state index contributed by atoms with van der Waals surface area (Å²) in [4.78, 5) is 17.8. The van der Waals surface area contributed by atoms with Gasteiger partial charge in [-0.05, 0) is 25.0 Å². The number of pyridine rings is 1. The number of nitrogens with zero attached hydrogens (tertiary/aromatic N) is 3. The standard InChI is InChI=1S/C12H16N4O2/c13-11(15-18)10-2-1-7-16(8-10)12(17)9-3-5-14-6-4-9/h3-6,10,18H,1-2,7-8H2,(H2,13,15). The fraction of sp³-hybridized carbons (Fsp3) is 0.417. The van der Waals surface area contributed by atoms with E-state index in [-0.39, 0.29) is 17.7 Å². The highest BCUT2D eigenvalue weighted by molar-refractivity contribution is 5.94. The van der Waals surface area contributed by atoms with Crippen LogP contribution in [0, 0.1) is 5.92 Å². The predicted octanol–water partition coefficient (Wildman–Crippen LogP) is 0.680. The number of piperidine rings is 1. The summed E-state index contributed by atoms with van der Waals surface area (Å²) in [5, 5.41) is 11.7. The first-order valence-corrected chi connectivity index (χ1v) is 5.89. The van der Waals surface area contributed by atoms with Gasteiger partial charge in [-0.15, -0.1) is 0 Å². The topological polar surface area (TPSA) is 91.8 Å². The Morgan fingerprint density at radius 2 is 2.22 bits per heavy atom. The molecule has 6 nitrogen and oxygen atoms in total. The van der Waals surface area contributed by atoms with Crippen LogP contribution in [0.25, 0.3) is 0 Å². The van der Waals surface area contributed by atoms with Crippen molar-refractivity contribution in [1.82, 2.24) is 9.88 Å². The van der Waals surface area contributed by atoms with Gasteiger partial charge in [0.15, 0.2) is 0 Å². The molecule has 1 amide bonds.